The van der Waals surface area contributed by atoms with Gasteiger partial charge in [0.2, 0.25) is 0 Å². The van der Waals surface area contributed by atoms with Gasteiger partial charge < -0.3 is 9.64 Å². The summed E-state index contributed by atoms with van der Waals surface area (Å²) in [6, 6.07) is 5.35. The maximum absolute atomic E-state index is 12.5. The molecule has 0 aliphatic carbocycles. The fraction of sp³-hybridized carbons (Fsp3) is 0.462. The second-order valence-corrected chi connectivity index (χ2v) is 5.96. The number of ether oxygens (including phenoxy) is 1. The molecule has 0 bridgehead atoms. The van der Waals surface area contributed by atoms with Gasteiger partial charge >= 0.3 is 0 Å². The number of nitrogens with zero attached hydrogens (tertiary/aromatic N) is 1. The maximum atomic E-state index is 12.5. The number of rotatable bonds is 1. The molecular weight excluding hydrogens is 318 g/mol. The molecule has 1 amide bonds. The summed E-state index contributed by atoms with van der Waals surface area (Å²) in [5.74, 6) is 0.000787. The number of hydrogen-bond acceptors (Lipinski definition) is 2. The van der Waals surface area contributed by atoms with Gasteiger partial charge in [0.15, 0.2) is 0 Å². The van der Waals surface area contributed by atoms with Crippen molar-refractivity contribution in [2.75, 3.05) is 13.2 Å². The smallest absolute Gasteiger partial charge is 0.254 e. The molecule has 0 N–H and O–H groups in total. The van der Waals surface area contributed by atoms with E-state index in [0.717, 1.165) is 4.47 Å². The van der Waals surface area contributed by atoms with Crippen molar-refractivity contribution >= 4 is 33.4 Å². The van der Waals surface area contributed by atoms with Crippen LogP contribution in [-0.2, 0) is 4.74 Å². The first-order valence-electron chi connectivity index (χ1n) is 5.86. The van der Waals surface area contributed by atoms with Crippen LogP contribution in [0.15, 0.2) is 22.7 Å². The highest BCUT2D eigenvalue weighted by Crippen LogP contribution is 2.22. The van der Waals surface area contributed by atoms with Gasteiger partial charge in [0.25, 0.3) is 5.91 Å². The van der Waals surface area contributed by atoms with Crippen LogP contribution in [0.25, 0.3) is 0 Å². The van der Waals surface area contributed by atoms with E-state index in [4.69, 9.17) is 16.3 Å². The molecule has 2 atom stereocenters. The lowest BCUT2D eigenvalue weighted by molar-refractivity contribution is -0.0387. The largest absolute Gasteiger partial charge is 0.375 e. The Hall–Kier alpha value is -0.580. The minimum Gasteiger partial charge on any atom is -0.375 e. The molecule has 1 heterocycles. The zero-order valence-corrected chi connectivity index (χ0v) is 12.7. The lowest BCUT2D eigenvalue weighted by Gasteiger charge is -2.36. The zero-order chi connectivity index (χ0) is 13.3. The van der Waals surface area contributed by atoms with Gasteiger partial charge in [0.1, 0.15) is 0 Å². The summed E-state index contributed by atoms with van der Waals surface area (Å²) in [4.78, 5) is 14.3. The molecule has 3 nitrogen and oxygen atoms in total. The maximum Gasteiger partial charge on any atom is 0.254 e. The van der Waals surface area contributed by atoms with E-state index in [1.54, 1.807) is 18.2 Å². The second kappa shape index (κ2) is 5.59. The number of carbonyl (C=O) groups excluding carboxylic acids is 1. The summed E-state index contributed by atoms with van der Waals surface area (Å²) in [6.45, 7) is 5.15. The van der Waals surface area contributed by atoms with Crippen LogP contribution in [0.4, 0.5) is 0 Å². The van der Waals surface area contributed by atoms with Crippen molar-refractivity contribution in [1.82, 2.24) is 4.90 Å². The summed E-state index contributed by atoms with van der Waals surface area (Å²) in [5, 5.41) is 0.557. The van der Waals surface area contributed by atoms with Crippen LogP contribution in [0.2, 0.25) is 5.02 Å². The van der Waals surface area contributed by atoms with Gasteiger partial charge in [-0.2, -0.15) is 0 Å². The Kier molecular flexibility index (Phi) is 4.30. The Bertz CT molecular complexity index is 446. The van der Waals surface area contributed by atoms with Crippen molar-refractivity contribution in [1.29, 1.82) is 0 Å². The van der Waals surface area contributed by atoms with Crippen LogP contribution in [0.1, 0.15) is 24.2 Å². The number of morpholine rings is 1. The molecule has 0 radical (unpaired) electrons. The average molecular weight is 333 g/mol. The van der Waals surface area contributed by atoms with Crippen LogP contribution in [-0.4, -0.2) is 36.1 Å². The summed E-state index contributed by atoms with van der Waals surface area (Å²) < 4.78 is 6.34. The third-order valence-electron chi connectivity index (χ3n) is 2.98. The third-order valence-corrected chi connectivity index (χ3v) is 3.65. The van der Waals surface area contributed by atoms with Crippen molar-refractivity contribution in [2.45, 2.75) is 26.0 Å². The van der Waals surface area contributed by atoms with Gasteiger partial charge in [-0.15, -0.1) is 0 Å². The van der Waals surface area contributed by atoms with Crippen LogP contribution < -0.4 is 0 Å². The van der Waals surface area contributed by atoms with Gasteiger partial charge in [0, 0.05) is 21.6 Å². The highest BCUT2D eigenvalue weighted by Gasteiger charge is 2.28. The van der Waals surface area contributed by atoms with Crippen molar-refractivity contribution in [2.24, 2.45) is 0 Å². The Morgan fingerprint density at radius 3 is 2.83 bits per heavy atom. The molecule has 18 heavy (non-hydrogen) atoms. The van der Waals surface area contributed by atoms with Crippen molar-refractivity contribution in [3.63, 3.8) is 0 Å². The van der Waals surface area contributed by atoms with Gasteiger partial charge in [-0.25, -0.2) is 0 Å². The highest BCUT2D eigenvalue weighted by molar-refractivity contribution is 9.10. The predicted octanol–water partition coefficient (Wildman–Crippen LogP) is 3.35. The van der Waals surface area contributed by atoms with Crippen molar-refractivity contribution < 1.29 is 9.53 Å². The molecule has 1 aliphatic rings. The number of halogens is 2. The number of amides is 1. The number of carbonyl (C=O) groups is 1. The molecule has 2 rings (SSSR count). The molecule has 1 fully saturated rings. The first-order valence-corrected chi connectivity index (χ1v) is 7.03. The Morgan fingerprint density at radius 1 is 1.44 bits per heavy atom. The minimum absolute atomic E-state index is 0.000787. The molecular formula is C13H15BrClNO2. The Balaban J connectivity index is 2.24. The molecule has 2 unspecified atom stereocenters. The summed E-state index contributed by atoms with van der Waals surface area (Å²) >= 11 is 9.33. The molecule has 1 aromatic carbocycles. The van der Waals surface area contributed by atoms with E-state index in [9.17, 15) is 4.79 Å². The van der Waals surface area contributed by atoms with Crippen LogP contribution in [0.5, 0.6) is 0 Å². The monoisotopic (exact) mass is 331 g/mol. The van der Waals surface area contributed by atoms with Gasteiger partial charge in [0.05, 0.1) is 18.8 Å². The van der Waals surface area contributed by atoms with E-state index >= 15 is 0 Å². The molecule has 1 aliphatic heterocycles. The van der Waals surface area contributed by atoms with Gasteiger partial charge in [-0.1, -0.05) is 27.5 Å². The van der Waals surface area contributed by atoms with Crippen LogP contribution in [0.3, 0.4) is 0 Å². The number of hydrogen-bond donors (Lipinski definition) is 0. The van der Waals surface area contributed by atoms with E-state index in [2.05, 4.69) is 15.9 Å². The summed E-state index contributed by atoms with van der Waals surface area (Å²) in [6.07, 6.45) is 0.0766. The molecule has 1 aromatic rings. The quantitative estimate of drug-likeness (QED) is 0.789. The van der Waals surface area contributed by atoms with E-state index in [-0.39, 0.29) is 18.1 Å². The van der Waals surface area contributed by atoms with Crippen molar-refractivity contribution in [3.05, 3.63) is 33.3 Å². The molecule has 98 valence electrons. The normalized spacial score (nSPS) is 24.1. The lowest BCUT2D eigenvalue weighted by atomic mass is 10.1. The van der Waals surface area contributed by atoms with Gasteiger partial charge in [-0.05, 0) is 32.0 Å². The van der Waals surface area contributed by atoms with E-state index in [0.29, 0.717) is 23.7 Å². The Labute approximate surface area is 120 Å². The van der Waals surface area contributed by atoms with E-state index in [1.807, 2.05) is 18.7 Å². The SMILES string of the molecule is CC1CN(C(=O)c2cc(Cl)cc(Br)c2)C(C)CO1. The molecule has 0 saturated carbocycles. The summed E-state index contributed by atoms with van der Waals surface area (Å²) in [5.41, 5.74) is 0.607. The topological polar surface area (TPSA) is 29.5 Å². The predicted molar refractivity (Wildman–Crippen MR) is 75.1 cm³/mol. The van der Waals surface area contributed by atoms with E-state index < -0.39 is 0 Å². The van der Waals surface area contributed by atoms with Crippen LogP contribution >= 0.6 is 27.5 Å². The molecule has 0 spiro atoms. The molecule has 5 heteroatoms. The van der Waals surface area contributed by atoms with Gasteiger partial charge in [-0.3, -0.25) is 4.79 Å². The third kappa shape index (κ3) is 3.05. The minimum atomic E-state index is 0.000787. The fourth-order valence-corrected chi connectivity index (χ4v) is 2.89. The lowest BCUT2D eigenvalue weighted by Crippen LogP contribution is -2.50. The number of benzene rings is 1. The molecule has 0 aromatic heterocycles. The summed E-state index contributed by atoms with van der Waals surface area (Å²) in [7, 11) is 0. The second-order valence-electron chi connectivity index (χ2n) is 4.61. The first-order chi connectivity index (χ1) is 8.47. The standard InChI is InChI=1S/C13H15BrClNO2/c1-8-7-18-9(2)6-16(8)13(17)10-3-11(14)5-12(15)4-10/h3-5,8-9H,6-7H2,1-2H3. The fourth-order valence-electron chi connectivity index (χ4n) is 2.03. The highest BCUT2D eigenvalue weighted by atomic mass is 79.9. The Morgan fingerprint density at radius 2 is 2.17 bits per heavy atom. The average Bonchev–Trinajstić information content (AvgIpc) is 2.30. The molecule has 1 saturated heterocycles. The zero-order valence-electron chi connectivity index (χ0n) is 10.3. The van der Waals surface area contributed by atoms with Crippen LogP contribution in [0, 0.1) is 0 Å². The van der Waals surface area contributed by atoms with Crippen molar-refractivity contribution in [3.8, 4) is 0 Å². The first kappa shape index (κ1) is 13.8. The van der Waals surface area contributed by atoms with E-state index in [1.165, 1.54) is 0 Å².